The van der Waals surface area contributed by atoms with Gasteiger partial charge in [0.1, 0.15) is 5.60 Å². The number of aliphatic hydroxyl groups excluding tert-OH is 1. The molecule has 5 heteroatoms. The zero-order valence-corrected chi connectivity index (χ0v) is 10.2. The molecule has 1 aliphatic rings. The van der Waals surface area contributed by atoms with Gasteiger partial charge in [0.15, 0.2) is 0 Å². The third-order valence-electron chi connectivity index (χ3n) is 2.42. The number of carbonyl (C=O) groups excluding carboxylic acids is 1. The fraction of sp³-hybridized carbons (Fsp3) is 0.909. The highest BCUT2D eigenvalue weighted by atomic mass is 16.6. The Morgan fingerprint density at radius 3 is 2.62 bits per heavy atom. The molecular weight excluding hydrogens is 208 g/mol. The van der Waals surface area contributed by atoms with Gasteiger partial charge in [-0.05, 0) is 46.5 Å². The molecule has 94 valence electrons. The normalized spacial score (nSPS) is 26.2. The first-order chi connectivity index (χ1) is 7.37. The highest BCUT2D eigenvalue weighted by molar-refractivity contribution is 5.67. The SMILES string of the molecule is CC(C)(C)OC(=O)NNC1CCCC(O)C1. The maximum Gasteiger partial charge on any atom is 0.422 e. The predicted octanol–water partition coefficient (Wildman–Crippen LogP) is 1.32. The molecule has 0 aromatic carbocycles. The summed E-state index contributed by atoms with van der Waals surface area (Å²) in [5, 5.41) is 9.45. The van der Waals surface area contributed by atoms with Gasteiger partial charge in [0.05, 0.1) is 6.10 Å². The summed E-state index contributed by atoms with van der Waals surface area (Å²) in [6.07, 6.45) is 2.74. The Morgan fingerprint density at radius 1 is 1.38 bits per heavy atom. The van der Waals surface area contributed by atoms with Gasteiger partial charge in [-0.3, -0.25) is 5.43 Å². The van der Waals surface area contributed by atoms with Crippen molar-refractivity contribution in [1.29, 1.82) is 0 Å². The summed E-state index contributed by atoms with van der Waals surface area (Å²) < 4.78 is 5.08. The van der Waals surface area contributed by atoms with Gasteiger partial charge in [0.2, 0.25) is 0 Å². The number of hydrogen-bond donors (Lipinski definition) is 3. The van der Waals surface area contributed by atoms with E-state index in [1.807, 2.05) is 20.8 Å². The number of rotatable bonds is 2. The van der Waals surface area contributed by atoms with E-state index in [1.165, 1.54) is 0 Å². The van der Waals surface area contributed by atoms with Crippen LogP contribution in [0.2, 0.25) is 0 Å². The second kappa shape index (κ2) is 5.50. The fourth-order valence-corrected chi connectivity index (χ4v) is 1.76. The molecule has 0 saturated heterocycles. The van der Waals surface area contributed by atoms with Crippen LogP contribution in [0.4, 0.5) is 4.79 Å². The first-order valence-electron chi connectivity index (χ1n) is 5.79. The molecule has 5 nitrogen and oxygen atoms in total. The Balaban J connectivity index is 2.21. The van der Waals surface area contributed by atoms with Gasteiger partial charge in [-0.15, -0.1) is 0 Å². The molecule has 16 heavy (non-hydrogen) atoms. The molecular formula is C11H22N2O3. The van der Waals surface area contributed by atoms with Gasteiger partial charge in [-0.25, -0.2) is 10.2 Å². The van der Waals surface area contributed by atoms with Crippen LogP contribution in [0, 0.1) is 0 Å². The number of carbonyl (C=O) groups is 1. The fourth-order valence-electron chi connectivity index (χ4n) is 1.76. The molecule has 0 aromatic rings. The zero-order chi connectivity index (χ0) is 12.2. The van der Waals surface area contributed by atoms with Crippen molar-refractivity contribution in [3.8, 4) is 0 Å². The quantitative estimate of drug-likeness (QED) is 0.626. The zero-order valence-electron chi connectivity index (χ0n) is 10.2. The van der Waals surface area contributed by atoms with Crippen molar-refractivity contribution in [2.24, 2.45) is 0 Å². The van der Waals surface area contributed by atoms with Crippen molar-refractivity contribution in [2.45, 2.75) is 64.2 Å². The third-order valence-corrected chi connectivity index (χ3v) is 2.42. The molecule has 3 N–H and O–H groups in total. The summed E-state index contributed by atoms with van der Waals surface area (Å²) in [6.45, 7) is 5.45. The van der Waals surface area contributed by atoms with E-state index in [2.05, 4.69) is 10.9 Å². The number of hydrogen-bond acceptors (Lipinski definition) is 4. The van der Waals surface area contributed by atoms with Gasteiger partial charge in [-0.1, -0.05) is 0 Å². The molecule has 2 unspecified atom stereocenters. The van der Waals surface area contributed by atoms with Crippen molar-refractivity contribution in [1.82, 2.24) is 10.9 Å². The topological polar surface area (TPSA) is 70.6 Å². The molecule has 0 radical (unpaired) electrons. The lowest BCUT2D eigenvalue weighted by Crippen LogP contribution is -2.48. The van der Waals surface area contributed by atoms with Crippen LogP contribution in [0.25, 0.3) is 0 Å². The average Bonchev–Trinajstić information content (AvgIpc) is 2.12. The minimum atomic E-state index is -0.488. The Labute approximate surface area is 96.5 Å². The number of hydrazine groups is 1. The van der Waals surface area contributed by atoms with E-state index in [-0.39, 0.29) is 12.1 Å². The van der Waals surface area contributed by atoms with Crippen LogP contribution >= 0.6 is 0 Å². The highest BCUT2D eigenvalue weighted by Gasteiger charge is 2.21. The van der Waals surface area contributed by atoms with Crippen LogP contribution in [-0.2, 0) is 4.74 Å². The van der Waals surface area contributed by atoms with Gasteiger partial charge < -0.3 is 9.84 Å². The highest BCUT2D eigenvalue weighted by Crippen LogP contribution is 2.17. The van der Waals surface area contributed by atoms with E-state index >= 15 is 0 Å². The molecule has 0 aromatic heterocycles. The number of ether oxygens (including phenoxy) is 1. The number of amides is 1. The molecule has 1 amide bonds. The van der Waals surface area contributed by atoms with Crippen molar-refractivity contribution < 1.29 is 14.6 Å². The van der Waals surface area contributed by atoms with Crippen molar-refractivity contribution in [3.63, 3.8) is 0 Å². The Morgan fingerprint density at radius 2 is 2.06 bits per heavy atom. The minimum absolute atomic E-state index is 0.135. The van der Waals surface area contributed by atoms with Crippen molar-refractivity contribution in [2.75, 3.05) is 0 Å². The summed E-state index contributed by atoms with van der Waals surface area (Å²) in [5.74, 6) is 0. The minimum Gasteiger partial charge on any atom is -0.443 e. The Kier molecular flexibility index (Phi) is 4.56. The van der Waals surface area contributed by atoms with Crippen molar-refractivity contribution >= 4 is 6.09 Å². The van der Waals surface area contributed by atoms with Crippen LogP contribution in [0.1, 0.15) is 46.5 Å². The maximum atomic E-state index is 11.3. The largest absolute Gasteiger partial charge is 0.443 e. The standard InChI is InChI=1S/C11H22N2O3/c1-11(2,3)16-10(15)13-12-8-5-4-6-9(14)7-8/h8-9,12,14H,4-7H2,1-3H3,(H,13,15). The predicted molar refractivity (Wildman–Crippen MR) is 60.8 cm³/mol. The Bertz CT molecular complexity index is 238. The van der Waals surface area contributed by atoms with Gasteiger partial charge >= 0.3 is 6.09 Å². The summed E-state index contributed by atoms with van der Waals surface area (Å²) in [7, 11) is 0. The first kappa shape index (κ1) is 13.3. The van der Waals surface area contributed by atoms with Crippen LogP contribution < -0.4 is 10.9 Å². The lowest BCUT2D eigenvalue weighted by Gasteiger charge is -2.27. The third kappa shape index (κ3) is 5.32. The van der Waals surface area contributed by atoms with Gasteiger partial charge in [0.25, 0.3) is 0 Å². The molecule has 0 spiro atoms. The molecule has 1 rings (SSSR count). The molecule has 0 bridgehead atoms. The second-order valence-electron chi connectivity index (χ2n) is 5.29. The van der Waals surface area contributed by atoms with Crippen LogP contribution in [-0.4, -0.2) is 28.9 Å². The van der Waals surface area contributed by atoms with E-state index in [1.54, 1.807) is 0 Å². The number of aliphatic hydroxyl groups is 1. The summed E-state index contributed by atoms with van der Waals surface area (Å²) in [4.78, 5) is 11.3. The molecule has 1 saturated carbocycles. The smallest absolute Gasteiger partial charge is 0.422 e. The van der Waals surface area contributed by atoms with Gasteiger partial charge in [0, 0.05) is 6.04 Å². The molecule has 0 heterocycles. The maximum absolute atomic E-state index is 11.3. The summed E-state index contributed by atoms with van der Waals surface area (Å²) in [5.41, 5.74) is 4.91. The van der Waals surface area contributed by atoms with E-state index in [0.29, 0.717) is 6.42 Å². The summed E-state index contributed by atoms with van der Waals surface area (Å²) in [6, 6.07) is 0.135. The van der Waals surface area contributed by atoms with E-state index < -0.39 is 11.7 Å². The average molecular weight is 230 g/mol. The molecule has 1 aliphatic carbocycles. The van der Waals surface area contributed by atoms with Crippen LogP contribution in [0.3, 0.4) is 0 Å². The Hall–Kier alpha value is -0.810. The lowest BCUT2D eigenvalue weighted by molar-refractivity contribution is 0.0457. The van der Waals surface area contributed by atoms with E-state index in [9.17, 15) is 9.90 Å². The molecule has 1 fully saturated rings. The van der Waals surface area contributed by atoms with E-state index in [0.717, 1.165) is 19.3 Å². The second-order valence-corrected chi connectivity index (χ2v) is 5.29. The van der Waals surface area contributed by atoms with Crippen LogP contribution in [0.5, 0.6) is 0 Å². The van der Waals surface area contributed by atoms with Crippen molar-refractivity contribution in [3.05, 3.63) is 0 Å². The molecule has 2 atom stereocenters. The number of nitrogens with one attached hydrogen (secondary N) is 2. The van der Waals surface area contributed by atoms with E-state index in [4.69, 9.17) is 4.74 Å². The monoisotopic (exact) mass is 230 g/mol. The van der Waals surface area contributed by atoms with Gasteiger partial charge in [-0.2, -0.15) is 0 Å². The first-order valence-corrected chi connectivity index (χ1v) is 5.79. The lowest BCUT2D eigenvalue weighted by atomic mass is 9.94. The van der Waals surface area contributed by atoms with Crippen LogP contribution in [0.15, 0.2) is 0 Å². The molecule has 0 aliphatic heterocycles. The summed E-state index contributed by atoms with van der Waals surface area (Å²) >= 11 is 0.